The van der Waals surface area contributed by atoms with Crippen LogP contribution in [0.15, 0.2) is 72.8 Å². The summed E-state index contributed by atoms with van der Waals surface area (Å²) in [7, 11) is -0.522. The largest absolute Gasteiger partial charge is 0.515 e. The number of aromatic nitrogens is 1. The van der Waals surface area contributed by atoms with Gasteiger partial charge in [0.15, 0.2) is 0 Å². The Morgan fingerprint density at radius 3 is 1.85 bits per heavy atom. The molecular formula is C29H24BNO2S. The molecule has 3 heterocycles. The standard InChI is InChI=1S/C29H24BNO2S/c1-28(2)29(3,4)33-30(32-28)27-20-14-8-6-12-18(20)23-17-11-5-7-13-19(17)26-24(25(23)31-27)21-15-9-10-16-22(21)34-26/h5-16H,1-4H3. The molecule has 0 amide bonds. The maximum atomic E-state index is 6.49. The second-order valence-electron chi connectivity index (χ2n) is 10.2. The summed E-state index contributed by atoms with van der Waals surface area (Å²) in [6, 6.07) is 25.9. The van der Waals surface area contributed by atoms with Gasteiger partial charge in [0.2, 0.25) is 0 Å². The molecule has 4 aromatic carbocycles. The van der Waals surface area contributed by atoms with Crippen LogP contribution in [0.5, 0.6) is 0 Å². The van der Waals surface area contributed by atoms with Crippen molar-refractivity contribution >= 4 is 76.7 Å². The van der Waals surface area contributed by atoms with E-state index in [0.29, 0.717) is 0 Å². The van der Waals surface area contributed by atoms with Crippen LogP contribution >= 0.6 is 11.3 Å². The zero-order chi connectivity index (χ0) is 23.2. The van der Waals surface area contributed by atoms with Gasteiger partial charge >= 0.3 is 7.12 Å². The molecule has 1 saturated heterocycles. The summed E-state index contributed by atoms with van der Waals surface area (Å²) in [5.41, 5.74) is 1.02. The molecule has 3 nitrogen and oxygen atoms in total. The third-order valence-electron chi connectivity index (χ3n) is 7.69. The van der Waals surface area contributed by atoms with Gasteiger partial charge < -0.3 is 9.31 Å². The molecule has 6 aromatic rings. The number of thiophene rings is 1. The van der Waals surface area contributed by atoms with E-state index >= 15 is 0 Å². The van der Waals surface area contributed by atoms with Crippen LogP contribution in [-0.4, -0.2) is 23.3 Å². The molecule has 0 bridgehead atoms. The average Bonchev–Trinajstić information content (AvgIpc) is 3.32. The van der Waals surface area contributed by atoms with Crippen molar-refractivity contribution < 1.29 is 9.31 Å². The Balaban J connectivity index is 1.70. The van der Waals surface area contributed by atoms with Crippen molar-refractivity contribution in [3.8, 4) is 0 Å². The first-order chi connectivity index (χ1) is 16.4. The highest BCUT2D eigenvalue weighted by Crippen LogP contribution is 2.45. The second-order valence-corrected chi connectivity index (χ2v) is 11.3. The minimum absolute atomic E-state index is 0.427. The molecule has 7 rings (SSSR count). The fourth-order valence-electron chi connectivity index (χ4n) is 5.25. The number of fused-ring (bicyclic) bond motifs is 10. The Hall–Kier alpha value is -2.99. The normalized spacial score (nSPS) is 17.6. The summed E-state index contributed by atoms with van der Waals surface area (Å²) in [6.07, 6.45) is 0. The Morgan fingerprint density at radius 2 is 1.18 bits per heavy atom. The number of rotatable bonds is 1. The molecule has 34 heavy (non-hydrogen) atoms. The predicted octanol–water partition coefficient (Wildman–Crippen LogP) is 7.21. The smallest absolute Gasteiger partial charge is 0.398 e. The second kappa shape index (κ2) is 6.79. The van der Waals surface area contributed by atoms with E-state index in [1.54, 1.807) is 0 Å². The number of pyridine rings is 1. The molecule has 0 atom stereocenters. The van der Waals surface area contributed by atoms with Crippen LogP contribution in [0.2, 0.25) is 0 Å². The number of hydrogen-bond donors (Lipinski definition) is 0. The van der Waals surface area contributed by atoms with Gasteiger partial charge in [0.05, 0.1) is 22.3 Å². The van der Waals surface area contributed by atoms with Crippen molar-refractivity contribution in [1.29, 1.82) is 0 Å². The fraction of sp³-hybridized carbons (Fsp3) is 0.207. The molecular weight excluding hydrogens is 437 g/mol. The van der Waals surface area contributed by atoms with Gasteiger partial charge in [-0.05, 0) is 44.5 Å². The topological polar surface area (TPSA) is 31.4 Å². The molecule has 1 aliphatic rings. The van der Waals surface area contributed by atoms with E-state index in [4.69, 9.17) is 14.3 Å². The molecule has 5 heteroatoms. The van der Waals surface area contributed by atoms with Crippen LogP contribution in [0.3, 0.4) is 0 Å². The number of hydrogen-bond acceptors (Lipinski definition) is 4. The van der Waals surface area contributed by atoms with E-state index in [-0.39, 0.29) is 0 Å². The van der Waals surface area contributed by atoms with Crippen LogP contribution in [0.1, 0.15) is 27.7 Å². The van der Waals surface area contributed by atoms with Crippen molar-refractivity contribution in [3.05, 3.63) is 72.8 Å². The highest BCUT2D eigenvalue weighted by molar-refractivity contribution is 7.27. The molecule has 166 valence electrons. The predicted molar refractivity (Wildman–Crippen MR) is 145 cm³/mol. The Morgan fingerprint density at radius 1 is 0.647 bits per heavy atom. The van der Waals surface area contributed by atoms with Gasteiger partial charge in [0.25, 0.3) is 0 Å². The summed E-state index contributed by atoms with van der Waals surface area (Å²) in [4.78, 5) is 5.37. The van der Waals surface area contributed by atoms with Gasteiger partial charge in [0.1, 0.15) is 0 Å². The van der Waals surface area contributed by atoms with E-state index in [9.17, 15) is 0 Å². The summed E-state index contributed by atoms with van der Waals surface area (Å²) in [5, 5.41) is 8.45. The maximum Gasteiger partial charge on any atom is 0.515 e. The molecule has 0 unspecified atom stereocenters. The van der Waals surface area contributed by atoms with E-state index in [0.717, 1.165) is 16.5 Å². The molecule has 0 radical (unpaired) electrons. The van der Waals surface area contributed by atoms with E-state index in [1.807, 2.05) is 11.3 Å². The zero-order valence-corrected chi connectivity index (χ0v) is 20.5. The summed E-state index contributed by atoms with van der Waals surface area (Å²) < 4.78 is 15.6. The van der Waals surface area contributed by atoms with Crippen molar-refractivity contribution in [1.82, 2.24) is 4.98 Å². The van der Waals surface area contributed by atoms with Crippen LogP contribution in [-0.2, 0) is 9.31 Å². The summed E-state index contributed by atoms with van der Waals surface area (Å²) in [6.45, 7) is 8.37. The first-order valence-corrected chi connectivity index (χ1v) is 12.6. The summed E-state index contributed by atoms with van der Waals surface area (Å²) >= 11 is 1.85. The first-order valence-electron chi connectivity index (χ1n) is 11.8. The maximum absolute atomic E-state index is 6.49. The lowest BCUT2D eigenvalue weighted by Crippen LogP contribution is -2.41. The Labute approximate surface area is 202 Å². The van der Waals surface area contributed by atoms with Gasteiger partial charge in [-0.1, -0.05) is 66.7 Å². The molecule has 0 N–H and O–H groups in total. The SMILES string of the molecule is CC1(C)OB(c2nc3c(c4ccccc24)c2ccccc2c2sc4ccccc4c32)OC1(C)C. The molecule has 0 saturated carbocycles. The van der Waals surface area contributed by atoms with Gasteiger partial charge in [-0.3, -0.25) is 4.98 Å². The van der Waals surface area contributed by atoms with Crippen molar-refractivity contribution in [2.24, 2.45) is 0 Å². The van der Waals surface area contributed by atoms with Crippen LogP contribution < -0.4 is 5.59 Å². The van der Waals surface area contributed by atoms with Crippen LogP contribution in [0, 0.1) is 0 Å². The lowest BCUT2D eigenvalue weighted by atomic mass is 9.79. The Kier molecular flexibility index (Phi) is 4.07. The van der Waals surface area contributed by atoms with Gasteiger partial charge in [0, 0.05) is 36.3 Å². The van der Waals surface area contributed by atoms with Crippen LogP contribution in [0.25, 0.3) is 52.6 Å². The van der Waals surface area contributed by atoms with E-state index < -0.39 is 18.3 Å². The number of nitrogens with zero attached hydrogens (tertiary/aromatic N) is 1. The average molecular weight is 461 g/mol. The van der Waals surface area contributed by atoms with E-state index in [1.165, 1.54) is 41.7 Å². The molecule has 1 fully saturated rings. The minimum atomic E-state index is -0.522. The molecule has 0 aliphatic carbocycles. The van der Waals surface area contributed by atoms with Crippen molar-refractivity contribution in [2.75, 3.05) is 0 Å². The highest BCUT2D eigenvalue weighted by Gasteiger charge is 2.53. The van der Waals surface area contributed by atoms with Gasteiger partial charge in [-0.25, -0.2) is 0 Å². The van der Waals surface area contributed by atoms with Gasteiger partial charge in [-0.2, -0.15) is 0 Å². The van der Waals surface area contributed by atoms with Gasteiger partial charge in [-0.15, -0.1) is 11.3 Å². The lowest BCUT2D eigenvalue weighted by Gasteiger charge is -2.32. The minimum Gasteiger partial charge on any atom is -0.398 e. The molecule has 1 aliphatic heterocycles. The fourth-order valence-corrected chi connectivity index (χ4v) is 6.49. The van der Waals surface area contributed by atoms with Crippen molar-refractivity contribution in [3.63, 3.8) is 0 Å². The third-order valence-corrected chi connectivity index (χ3v) is 8.90. The first kappa shape index (κ1) is 20.4. The van der Waals surface area contributed by atoms with E-state index in [2.05, 4.69) is 100 Å². The van der Waals surface area contributed by atoms with Crippen LogP contribution in [0.4, 0.5) is 0 Å². The lowest BCUT2D eigenvalue weighted by molar-refractivity contribution is 0.00578. The van der Waals surface area contributed by atoms with Crippen molar-refractivity contribution in [2.45, 2.75) is 38.9 Å². The monoisotopic (exact) mass is 461 g/mol. The third kappa shape index (κ3) is 2.63. The highest BCUT2D eigenvalue weighted by atomic mass is 32.1. The Bertz CT molecular complexity index is 1770. The number of benzene rings is 4. The molecule has 2 aromatic heterocycles. The molecule has 0 spiro atoms. The quantitative estimate of drug-likeness (QED) is 0.192. The zero-order valence-electron chi connectivity index (χ0n) is 19.7. The summed E-state index contributed by atoms with van der Waals surface area (Å²) in [5.74, 6) is 0.